The Morgan fingerprint density at radius 3 is 1.54 bits per heavy atom. The monoisotopic (exact) mass is 920 g/mol. The fraction of sp³-hybridized carbons (Fsp3) is 0.241. The van der Waals surface area contributed by atoms with Crippen molar-refractivity contribution in [2.45, 2.75) is 51.2 Å². The second kappa shape index (κ2) is 23.1. The Morgan fingerprint density at radius 1 is 0.632 bits per heavy atom. The fourth-order valence-electron chi connectivity index (χ4n) is 8.18. The molecule has 0 saturated heterocycles. The van der Waals surface area contributed by atoms with Gasteiger partial charge in [0.05, 0.1) is 56.3 Å². The van der Waals surface area contributed by atoms with Gasteiger partial charge in [0.2, 0.25) is 0 Å². The number of hydrogen-bond acceptors (Lipinski definition) is 11. The van der Waals surface area contributed by atoms with Gasteiger partial charge in [-0.25, -0.2) is 4.79 Å². The fourth-order valence-corrected chi connectivity index (χ4v) is 8.18. The molecule has 0 radical (unpaired) electrons. The van der Waals surface area contributed by atoms with Crippen molar-refractivity contribution in [3.8, 4) is 23.0 Å². The van der Waals surface area contributed by atoms with E-state index in [1.54, 1.807) is 34.1 Å². The van der Waals surface area contributed by atoms with Gasteiger partial charge in [0.15, 0.2) is 23.0 Å². The molecular formula is C54H56N4O10. The first-order chi connectivity index (χ1) is 33.1. The standard InChI is InChI=1S/C29H30N2O6.C25H26N2O4/c1-3-13-36-29(34)30-25-16-27(37-19-20-9-5-4-6-10-20)26(35-2)15-24(25)28(33)31-17-22-12-8-7-11-21(22)14-23(31)18-32;1-30-23-12-21(22(26)13-24(23)31-16-17-7-3-2-4-8-17)25(29)27-14-19-10-6-5-9-18(19)11-20(27)15-28/h3-12,15-16,23,32H,1,13-14,17-19H2,2H3,(H,30,34);2-10,12-13,20,28H,11,14-16,26H2,1H3/t23-;20-/m00/s1. The van der Waals surface area contributed by atoms with Crippen molar-refractivity contribution in [2.75, 3.05) is 45.1 Å². The Balaban J connectivity index is 0.000000204. The number of nitrogen functional groups attached to an aromatic ring is 1. The van der Waals surface area contributed by atoms with Crippen molar-refractivity contribution in [2.24, 2.45) is 0 Å². The molecule has 0 bridgehead atoms. The molecular weight excluding hydrogens is 865 g/mol. The summed E-state index contributed by atoms with van der Waals surface area (Å²) in [5.74, 6) is 1.00. The molecule has 8 rings (SSSR count). The lowest BCUT2D eigenvalue weighted by Crippen LogP contribution is -2.46. The summed E-state index contributed by atoms with van der Waals surface area (Å²) in [4.78, 5) is 43.0. The number of methoxy groups -OCH3 is 2. The number of nitrogens with one attached hydrogen (secondary N) is 1. The Morgan fingerprint density at radius 2 is 1.07 bits per heavy atom. The SMILES string of the molecule is C=CCOC(=O)Nc1cc(OCc2ccccc2)c(OC)cc1C(=O)N1Cc2ccccc2C[C@H]1CO.COc1cc(C(=O)N2Cc3ccccc3C[C@H]2CO)c(N)cc1OCc1ccccc1. The zero-order valence-electron chi connectivity index (χ0n) is 38.1. The van der Waals surface area contributed by atoms with Gasteiger partial charge in [-0.15, -0.1) is 0 Å². The molecule has 14 nitrogen and oxygen atoms in total. The van der Waals surface area contributed by atoms with Gasteiger partial charge in [-0.3, -0.25) is 14.9 Å². The molecule has 6 aromatic carbocycles. The molecule has 5 N–H and O–H groups in total. The van der Waals surface area contributed by atoms with Crippen molar-refractivity contribution in [1.82, 2.24) is 9.80 Å². The minimum atomic E-state index is -0.740. The summed E-state index contributed by atoms with van der Waals surface area (Å²) < 4.78 is 28.0. The molecule has 0 saturated carbocycles. The van der Waals surface area contributed by atoms with E-state index in [-0.39, 0.29) is 55.5 Å². The van der Waals surface area contributed by atoms with Crippen molar-refractivity contribution < 1.29 is 48.3 Å². The molecule has 2 atom stereocenters. The number of aliphatic hydroxyl groups is 2. The van der Waals surface area contributed by atoms with Crippen LogP contribution >= 0.6 is 0 Å². The molecule has 352 valence electrons. The molecule has 3 amide bonds. The van der Waals surface area contributed by atoms with Crippen LogP contribution < -0.4 is 30.0 Å². The van der Waals surface area contributed by atoms with Crippen LogP contribution in [0.5, 0.6) is 23.0 Å². The lowest BCUT2D eigenvalue weighted by atomic mass is 9.93. The first-order valence-electron chi connectivity index (χ1n) is 22.2. The van der Waals surface area contributed by atoms with Crippen LogP contribution in [0.15, 0.2) is 146 Å². The van der Waals surface area contributed by atoms with E-state index in [2.05, 4.69) is 11.9 Å². The summed E-state index contributed by atoms with van der Waals surface area (Å²) in [7, 11) is 3.01. The molecule has 68 heavy (non-hydrogen) atoms. The molecule has 6 aromatic rings. The molecule has 2 heterocycles. The number of ether oxygens (including phenoxy) is 5. The van der Waals surface area contributed by atoms with Gasteiger partial charge in [0.25, 0.3) is 11.8 Å². The minimum absolute atomic E-state index is 0.0120. The highest BCUT2D eigenvalue weighted by molar-refractivity contribution is 6.04. The summed E-state index contributed by atoms with van der Waals surface area (Å²) in [5.41, 5.74) is 13.6. The number of amides is 3. The average molecular weight is 921 g/mol. The highest BCUT2D eigenvalue weighted by atomic mass is 16.5. The zero-order chi connectivity index (χ0) is 48.0. The number of fused-ring (bicyclic) bond motifs is 2. The Kier molecular flexibility index (Phi) is 16.3. The van der Waals surface area contributed by atoms with Crippen molar-refractivity contribution in [3.05, 3.63) is 191 Å². The third kappa shape index (κ3) is 11.6. The number of carbonyl (C=O) groups is 3. The molecule has 14 heteroatoms. The molecule has 0 aromatic heterocycles. The van der Waals surface area contributed by atoms with E-state index >= 15 is 0 Å². The second-order valence-electron chi connectivity index (χ2n) is 16.2. The number of hydrogen-bond donors (Lipinski definition) is 4. The lowest BCUT2D eigenvalue weighted by Gasteiger charge is -2.36. The minimum Gasteiger partial charge on any atom is -0.493 e. The van der Waals surface area contributed by atoms with E-state index in [9.17, 15) is 24.6 Å². The smallest absolute Gasteiger partial charge is 0.411 e. The number of carbonyl (C=O) groups excluding carboxylic acids is 3. The third-order valence-electron chi connectivity index (χ3n) is 11.8. The van der Waals surface area contributed by atoms with Crippen LogP contribution in [0.2, 0.25) is 0 Å². The quantitative estimate of drug-likeness (QED) is 0.0579. The topological polar surface area (TPSA) is 182 Å². The zero-order valence-corrected chi connectivity index (χ0v) is 38.1. The van der Waals surface area contributed by atoms with E-state index in [4.69, 9.17) is 29.4 Å². The van der Waals surface area contributed by atoms with Crippen LogP contribution in [0, 0.1) is 0 Å². The maximum atomic E-state index is 13.9. The van der Waals surface area contributed by atoms with Crippen LogP contribution in [-0.2, 0) is 43.9 Å². The summed E-state index contributed by atoms with van der Waals surface area (Å²) in [6.07, 6.45) is 1.84. The molecule has 2 aliphatic rings. The maximum absolute atomic E-state index is 13.9. The Labute approximate surface area is 396 Å². The molecule has 0 fully saturated rings. The molecule has 0 aliphatic carbocycles. The van der Waals surface area contributed by atoms with E-state index in [1.165, 1.54) is 20.3 Å². The van der Waals surface area contributed by atoms with Crippen LogP contribution in [0.4, 0.5) is 16.2 Å². The van der Waals surface area contributed by atoms with E-state index < -0.39 is 12.1 Å². The predicted molar refractivity (Wildman–Crippen MR) is 259 cm³/mol. The van der Waals surface area contributed by atoms with Gasteiger partial charge < -0.3 is 49.4 Å². The van der Waals surface area contributed by atoms with Gasteiger partial charge in [-0.1, -0.05) is 122 Å². The summed E-state index contributed by atoms with van der Waals surface area (Å²) in [5, 5.41) is 22.6. The van der Waals surface area contributed by atoms with Crippen LogP contribution in [-0.4, -0.2) is 84.0 Å². The summed E-state index contributed by atoms with van der Waals surface area (Å²) in [6, 6.07) is 40.8. The molecule has 0 spiro atoms. The van der Waals surface area contributed by atoms with Crippen molar-refractivity contribution in [1.29, 1.82) is 0 Å². The van der Waals surface area contributed by atoms with Crippen LogP contribution in [0.1, 0.15) is 54.1 Å². The number of nitrogens with zero attached hydrogens (tertiary/aromatic N) is 2. The number of benzene rings is 6. The Bertz CT molecular complexity index is 2700. The normalized spacial score (nSPS) is 14.8. The van der Waals surface area contributed by atoms with Crippen molar-refractivity contribution >= 4 is 29.3 Å². The van der Waals surface area contributed by atoms with Gasteiger partial charge in [-0.2, -0.15) is 0 Å². The second-order valence-corrected chi connectivity index (χ2v) is 16.2. The summed E-state index contributed by atoms with van der Waals surface area (Å²) in [6.45, 7) is 4.63. The van der Waals surface area contributed by atoms with Crippen LogP contribution in [0.25, 0.3) is 0 Å². The number of anilines is 2. The number of aliphatic hydroxyl groups excluding tert-OH is 2. The highest BCUT2D eigenvalue weighted by Crippen LogP contribution is 2.38. The number of nitrogens with two attached hydrogens (primary N) is 1. The average Bonchev–Trinajstić information content (AvgIpc) is 3.38. The van der Waals surface area contributed by atoms with E-state index in [0.29, 0.717) is 66.8 Å². The van der Waals surface area contributed by atoms with Gasteiger partial charge in [-0.05, 0) is 58.4 Å². The predicted octanol–water partition coefficient (Wildman–Crippen LogP) is 7.98. The largest absolute Gasteiger partial charge is 0.493 e. The van der Waals surface area contributed by atoms with Crippen LogP contribution in [0.3, 0.4) is 0 Å². The maximum Gasteiger partial charge on any atom is 0.411 e. The van der Waals surface area contributed by atoms with Gasteiger partial charge >= 0.3 is 6.09 Å². The Hall–Kier alpha value is -7.81. The third-order valence-corrected chi connectivity index (χ3v) is 11.8. The van der Waals surface area contributed by atoms with E-state index in [1.807, 2.05) is 109 Å². The molecule has 2 aliphatic heterocycles. The van der Waals surface area contributed by atoms with Gasteiger partial charge in [0.1, 0.15) is 19.8 Å². The van der Waals surface area contributed by atoms with E-state index in [0.717, 1.165) is 33.4 Å². The first kappa shape index (κ1) is 48.1. The number of rotatable bonds is 15. The lowest BCUT2D eigenvalue weighted by molar-refractivity contribution is 0.0540. The van der Waals surface area contributed by atoms with Gasteiger partial charge in [0, 0.05) is 30.9 Å². The summed E-state index contributed by atoms with van der Waals surface area (Å²) >= 11 is 0. The van der Waals surface area contributed by atoms with Crippen molar-refractivity contribution in [3.63, 3.8) is 0 Å². The molecule has 0 unspecified atom stereocenters. The highest BCUT2D eigenvalue weighted by Gasteiger charge is 2.33. The first-order valence-corrected chi connectivity index (χ1v) is 22.2.